The maximum absolute atomic E-state index is 13.6. The molecule has 2 aromatic carbocycles. The first-order chi connectivity index (χ1) is 10.2. The lowest BCUT2D eigenvalue weighted by Crippen LogP contribution is -2.08. The van der Waals surface area contributed by atoms with Gasteiger partial charge in [0.05, 0.1) is 12.3 Å². The molecule has 2 aromatic rings. The van der Waals surface area contributed by atoms with Gasteiger partial charge in [-0.2, -0.15) is 5.26 Å². The molecule has 0 heterocycles. The first-order valence-electron chi connectivity index (χ1n) is 6.83. The molecule has 0 aliphatic rings. The molecule has 0 fully saturated rings. The minimum absolute atomic E-state index is 0.0373. The molecule has 0 aromatic heterocycles. The first kappa shape index (κ1) is 14.9. The van der Waals surface area contributed by atoms with E-state index in [4.69, 9.17) is 10.00 Å². The molecule has 21 heavy (non-hydrogen) atoms. The lowest BCUT2D eigenvalue weighted by atomic mass is 10.1. The van der Waals surface area contributed by atoms with E-state index >= 15 is 0 Å². The molecule has 4 heteroatoms. The molecule has 1 N–H and O–H groups in total. The predicted octanol–water partition coefficient (Wildman–Crippen LogP) is 4.27. The van der Waals surface area contributed by atoms with Gasteiger partial charge in [0.1, 0.15) is 23.2 Å². The summed E-state index contributed by atoms with van der Waals surface area (Å²) in [5, 5.41) is 12.2. The van der Waals surface area contributed by atoms with Gasteiger partial charge < -0.3 is 10.1 Å². The summed E-state index contributed by atoms with van der Waals surface area (Å²) < 4.78 is 19.0. The van der Waals surface area contributed by atoms with Crippen molar-refractivity contribution in [2.24, 2.45) is 0 Å². The summed E-state index contributed by atoms with van der Waals surface area (Å²) in [6.07, 6.45) is 0. The van der Waals surface area contributed by atoms with Crippen LogP contribution in [0.15, 0.2) is 42.5 Å². The fourth-order valence-corrected chi connectivity index (χ4v) is 2.09. The summed E-state index contributed by atoms with van der Waals surface area (Å²) in [7, 11) is 0. The molecule has 0 saturated carbocycles. The van der Waals surface area contributed by atoms with Gasteiger partial charge in [-0.1, -0.05) is 18.2 Å². The Hall–Kier alpha value is -2.54. The van der Waals surface area contributed by atoms with Gasteiger partial charge in [-0.25, -0.2) is 4.39 Å². The maximum atomic E-state index is 13.6. The standard InChI is InChI=1S/C17H17FN2O/c1-3-21-14-9-7-13(8-10-14)12(2)20-17-6-4-5-16(18)15(17)11-19/h4-10,12,20H,3H2,1-2H3. The van der Waals surface area contributed by atoms with Gasteiger partial charge in [0, 0.05) is 6.04 Å². The van der Waals surface area contributed by atoms with Crippen LogP contribution in [0, 0.1) is 17.1 Å². The van der Waals surface area contributed by atoms with E-state index in [0.29, 0.717) is 12.3 Å². The fraction of sp³-hybridized carbons (Fsp3) is 0.235. The van der Waals surface area contributed by atoms with E-state index in [1.54, 1.807) is 12.1 Å². The van der Waals surface area contributed by atoms with Crippen molar-refractivity contribution < 1.29 is 9.13 Å². The quantitative estimate of drug-likeness (QED) is 0.891. The summed E-state index contributed by atoms with van der Waals surface area (Å²) in [5.41, 5.74) is 1.57. The Labute approximate surface area is 124 Å². The average molecular weight is 284 g/mol. The second-order valence-electron chi connectivity index (χ2n) is 4.64. The van der Waals surface area contributed by atoms with Gasteiger partial charge in [0.25, 0.3) is 0 Å². The lowest BCUT2D eigenvalue weighted by Gasteiger charge is -2.17. The van der Waals surface area contributed by atoms with Crippen LogP contribution in [0.4, 0.5) is 10.1 Å². The van der Waals surface area contributed by atoms with Gasteiger partial charge in [-0.05, 0) is 43.7 Å². The fourth-order valence-electron chi connectivity index (χ4n) is 2.09. The van der Waals surface area contributed by atoms with Crippen LogP contribution in [0.5, 0.6) is 5.75 Å². The number of benzene rings is 2. The highest BCUT2D eigenvalue weighted by atomic mass is 19.1. The van der Waals surface area contributed by atoms with Gasteiger partial charge in [-0.15, -0.1) is 0 Å². The molecule has 0 bridgehead atoms. The highest BCUT2D eigenvalue weighted by Gasteiger charge is 2.11. The van der Waals surface area contributed by atoms with Crippen LogP contribution in [0.3, 0.4) is 0 Å². The van der Waals surface area contributed by atoms with Gasteiger partial charge in [0.2, 0.25) is 0 Å². The van der Waals surface area contributed by atoms with Crippen molar-refractivity contribution in [2.45, 2.75) is 19.9 Å². The Morgan fingerprint density at radius 1 is 1.24 bits per heavy atom. The van der Waals surface area contributed by atoms with Crippen molar-refractivity contribution >= 4 is 5.69 Å². The minimum atomic E-state index is -0.513. The summed E-state index contributed by atoms with van der Waals surface area (Å²) >= 11 is 0. The summed E-state index contributed by atoms with van der Waals surface area (Å²) in [6, 6.07) is 14.1. The van der Waals surface area contributed by atoms with Gasteiger partial charge >= 0.3 is 0 Å². The molecule has 1 atom stereocenters. The second kappa shape index (κ2) is 6.76. The van der Waals surface area contributed by atoms with E-state index < -0.39 is 5.82 Å². The van der Waals surface area contributed by atoms with Crippen LogP contribution in [-0.2, 0) is 0 Å². The van der Waals surface area contributed by atoms with Crippen LogP contribution in [0.25, 0.3) is 0 Å². The summed E-state index contributed by atoms with van der Waals surface area (Å²) in [4.78, 5) is 0. The van der Waals surface area contributed by atoms with Crippen molar-refractivity contribution in [2.75, 3.05) is 11.9 Å². The zero-order chi connectivity index (χ0) is 15.2. The van der Waals surface area contributed by atoms with E-state index in [-0.39, 0.29) is 11.6 Å². The normalized spacial score (nSPS) is 11.5. The largest absolute Gasteiger partial charge is 0.494 e. The number of nitrogens with one attached hydrogen (secondary N) is 1. The van der Waals surface area contributed by atoms with Gasteiger partial charge in [0.15, 0.2) is 0 Å². The Kier molecular flexibility index (Phi) is 4.78. The Bertz CT molecular complexity index is 647. The lowest BCUT2D eigenvalue weighted by molar-refractivity contribution is 0.340. The molecule has 0 amide bonds. The molecule has 0 saturated heterocycles. The Balaban J connectivity index is 2.16. The van der Waals surface area contributed by atoms with E-state index in [0.717, 1.165) is 11.3 Å². The number of rotatable bonds is 5. The van der Waals surface area contributed by atoms with Crippen molar-refractivity contribution in [3.05, 3.63) is 59.4 Å². The van der Waals surface area contributed by atoms with E-state index in [1.807, 2.05) is 44.2 Å². The number of nitriles is 1. The SMILES string of the molecule is CCOc1ccc(C(C)Nc2cccc(F)c2C#N)cc1. The van der Waals surface area contributed by atoms with Crippen LogP contribution in [0.2, 0.25) is 0 Å². The third-order valence-electron chi connectivity index (χ3n) is 3.19. The first-order valence-corrected chi connectivity index (χ1v) is 6.83. The van der Waals surface area contributed by atoms with Crippen molar-refractivity contribution in [1.29, 1.82) is 5.26 Å². The topological polar surface area (TPSA) is 45.0 Å². The van der Waals surface area contributed by atoms with Crippen molar-refractivity contribution in [3.8, 4) is 11.8 Å². The van der Waals surface area contributed by atoms with Gasteiger partial charge in [-0.3, -0.25) is 0 Å². The Morgan fingerprint density at radius 3 is 2.57 bits per heavy atom. The monoisotopic (exact) mass is 284 g/mol. The number of hydrogen-bond donors (Lipinski definition) is 1. The maximum Gasteiger partial charge on any atom is 0.143 e. The van der Waals surface area contributed by atoms with Crippen LogP contribution >= 0.6 is 0 Å². The van der Waals surface area contributed by atoms with Crippen LogP contribution in [0.1, 0.15) is 31.0 Å². The molecule has 3 nitrogen and oxygen atoms in total. The summed E-state index contributed by atoms with van der Waals surface area (Å²) in [5.74, 6) is 0.304. The number of hydrogen-bond acceptors (Lipinski definition) is 3. The number of anilines is 1. The van der Waals surface area contributed by atoms with E-state index in [1.165, 1.54) is 6.07 Å². The molecule has 0 aliphatic heterocycles. The molecule has 108 valence electrons. The third-order valence-corrected chi connectivity index (χ3v) is 3.19. The number of halogens is 1. The second-order valence-corrected chi connectivity index (χ2v) is 4.64. The zero-order valence-corrected chi connectivity index (χ0v) is 12.1. The smallest absolute Gasteiger partial charge is 0.143 e. The molecule has 0 radical (unpaired) electrons. The molecule has 2 rings (SSSR count). The minimum Gasteiger partial charge on any atom is -0.494 e. The third kappa shape index (κ3) is 3.51. The number of nitrogens with zero attached hydrogens (tertiary/aromatic N) is 1. The molecular formula is C17H17FN2O. The van der Waals surface area contributed by atoms with Crippen molar-refractivity contribution in [1.82, 2.24) is 0 Å². The van der Waals surface area contributed by atoms with Crippen molar-refractivity contribution in [3.63, 3.8) is 0 Å². The molecule has 0 spiro atoms. The average Bonchev–Trinajstić information content (AvgIpc) is 2.48. The molecular weight excluding hydrogens is 267 g/mol. The van der Waals surface area contributed by atoms with E-state index in [2.05, 4.69) is 5.32 Å². The Morgan fingerprint density at radius 2 is 1.95 bits per heavy atom. The number of ether oxygens (including phenoxy) is 1. The van der Waals surface area contributed by atoms with Crippen LogP contribution < -0.4 is 10.1 Å². The van der Waals surface area contributed by atoms with E-state index in [9.17, 15) is 4.39 Å². The molecule has 1 unspecified atom stereocenters. The molecule has 0 aliphatic carbocycles. The summed E-state index contributed by atoms with van der Waals surface area (Å²) in [6.45, 7) is 4.52. The zero-order valence-electron chi connectivity index (χ0n) is 12.1. The predicted molar refractivity (Wildman–Crippen MR) is 80.8 cm³/mol. The highest BCUT2D eigenvalue weighted by molar-refractivity contribution is 5.58. The van der Waals surface area contributed by atoms with Crippen LogP contribution in [-0.4, -0.2) is 6.61 Å². The highest BCUT2D eigenvalue weighted by Crippen LogP contribution is 2.25.